The molecule has 90 valence electrons. The zero-order valence-corrected chi connectivity index (χ0v) is 10.6. The van der Waals surface area contributed by atoms with E-state index in [1.54, 1.807) is 6.20 Å². The molecule has 0 spiro atoms. The van der Waals surface area contributed by atoms with Crippen molar-refractivity contribution in [2.45, 2.75) is 26.7 Å². The minimum absolute atomic E-state index is 0.157. The summed E-state index contributed by atoms with van der Waals surface area (Å²) in [5.41, 5.74) is 11.1. The highest BCUT2D eigenvalue weighted by Gasteiger charge is 2.17. The lowest BCUT2D eigenvalue weighted by atomic mass is 9.91. The molecular weight excluding hydrogens is 210 g/mol. The van der Waals surface area contributed by atoms with Crippen LogP contribution in [0.4, 0.5) is 0 Å². The first-order valence-corrected chi connectivity index (χ1v) is 5.90. The van der Waals surface area contributed by atoms with E-state index in [0.717, 1.165) is 5.82 Å². The average molecular weight is 229 g/mol. The van der Waals surface area contributed by atoms with Crippen molar-refractivity contribution < 1.29 is 0 Å². The Kier molecular flexibility index (Phi) is 3.29. The number of nitrogens with zero attached hydrogens (tertiary/aromatic N) is 1. The highest BCUT2D eigenvalue weighted by molar-refractivity contribution is 5.40. The predicted molar refractivity (Wildman–Crippen MR) is 70.1 cm³/mol. The molecule has 3 nitrogen and oxygen atoms in total. The number of benzene rings is 1. The number of aromatic amines is 1. The Morgan fingerprint density at radius 1 is 1.18 bits per heavy atom. The van der Waals surface area contributed by atoms with Gasteiger partial charge in [0.05, 0.1) is 5.92 Å². The second kappa shape index (κ2) is 4.72. The average Bonchev–Trinajstić information content (AvgIpc) is 2.80. The number of aryl methyl sites for hydroxylation is 3. The van der Waals surface area contributed by atoms with Crippen LogP contribution < -0.4 is 5.73 Å². The molecule has 0 aliphatic carbocycles. The van der Waals surface area contributed by atoms with E-state index in [0.29, 0.717) is 6.54 Å². The Labute approximate surface area is 102 Å². The molecular formula is C14H19N3. The largest absolute Gasteiger partial charge is 0.348 e. The number of hydrogen-bond acceptors (Lipinski definition) is 2. The molecule has 1 heterocycles. The number of hydrogen-bond donors (Lipinski definition) is 2. The molecule has 0 saturated carbocycles. The van der Waals surface area contributed by atoms with Crippen LogP contribution in [-0.4, -0.2) is 16.5 Å². The summed E-state index contributed by atoms with van der Waals surface area (Å²) in [4.78, 5) is 7.48. The summed E-state index contributed by atoms with van der Waals surface area (Å²) < 4.78 is 0. The van der Waals surface area contributed by atoms with Crippen molar-refractivity contribution in [3.63, 3.8) is 0 Å². The molecule has 2 aromatic rings. The molecule has 0 saturated heterocycles. The number of rotatable bonds is 3. The van der Waals surface area contributed by atoms with Gasteiger partial charge in [-0.2, -0.15) is 0 Å². The standard InChI is InChI=1S/C14H19N3/c1-9-6-11(3)12(7-10(9)2)13(8-15)14-16-4-5-17-14/h4-7,13H,8,15H2,1-3H3,(H,16,17). The van der Waals surface area contributed by atoms with Crippen LogP contribution in [0.3, 0.4) is 0 Å². The minimum Gasteiger partial charge on any atom is -0.348 e. The second-order valence-corrected chi connectivity index (χ2v) is 4.56. The van der Waals surface area contributed by atoms with Gasteiger partial charge in [0.25, 0.3) is 0 Å². The Bertz CT molecular complexity index is 500. The fraction of sp³-hybridized carbons (Fsp3) is 0.357. The molecule has 3 N–H and O–H groups in total. The van der Waals surface area contributed by atoms with Gasteiger partial charge in [0.1, 0.15) is 5.82 Å². The van der Waals surface area contributed by atoms with Crippen LogP contribution in [0, 0.1) is 20.8 Å². The fourth-order valence-corrected chi connectivity index (χ4v) is 2.21. The molecule has 1 unspecified atom stereocenters. The normalized spacial score (nSPS) is 12.7. The van der Waals surface area contributed by atoms with Crippen molar-refractivity contribution in [1.29, 1.82) is 0 Å². The Morgan fingerprint density at radius 3 is 2.47 bits per heavy atom. The van der Waals surface area contributed by atoms with Crippen LogP contribution in [0.2, 0.25) is 0 Å². The van der Waals surface area contributed by atoms with Crippen LogP contribution in [0.25, 0.3) is 0 Å². The molecule has 0 amide bonds. The summed E-state index contributed by atoms with van der Waals surface area (Å²) in [6, 6.07) is 4.45. The molecule has 0 aliphatic heterocycles. The zero-order valence-electron chi connectivity index (χ0n) is 10.6. The summed E-state index contributed by atoms with van der Waals surface area (Å²) in [7, 11) is 0. The quantitative estimate of drug-likeness (QED) is 0.849. The highest BCUT2D eigenvalue weighted by atomic mass is 14.9. The predicted octanol–water partition coefficient (Wildman–Crippen LogP) is 2.43. The van der Waals surface area contributed by atoms with Crippen molar-refractivity contribution in [3.8, 4) is 0 Å². The van der Waals surface area contributed by atoms with E-state index in [9.17, 15) is 0 Å². The van der Waals surface area contributed by atoms with Gasteiger partial charge in [-0.15, -0.1) is 0 Å². The van der Waals surface area contributed by atoms with Crippen molar-refractivity contribution in [1.82, 2.24) is 9.97 Å². The lowest BCUT2D eigenvalue weighted by Gasteiger charge is -2.17. The van der Waals surface area contributed by atoms with Crippen molar-refractivity contribution in [2.24, 2.45) is 5.73 Å². The first kappa shape index (κ1) is 11.9. The highest BCUT2D eigenvalue weighted by Crippen LogP contribution is 2.26. The van der Waals surface area contributed by atoms with Gasteiger partial charge in [0, 0.05) is 18.9 Å². The van der Waals surface area contributed by atoms with Gasteiger partial charge in [-0.1, -0.05) is 12.1 Å². The Hall–Kier alpha value is -1.61. The van der Waals surface area contributed by atoms with E-state index in [-0.39, 0.29) is 5.92 Å². The monoisotopic (exact) mass is 229 g/mol. The number of aromatic nitrogens is 2. The van der Waals surface area contributed by atoms with Gasteiger partial charge >= 0.3 is 0 Å². The van der Waals surface area contributed by atoms with E-state index in [1.807, 2.05) is 6.20 Å². The Morgan fingerprint density at radius 2 is 1.88 bits per heavy atom. The van der Waals surface area contributed by atoms with Crippen LogP contribution in [0.15, 0.2) is 24.5 Å². The van der Waals surface area contributed by atoms with Gasteiger partial charge in [0.2, 0.25) is 0 Å². The molecule has 1 aromatic heterocycles. The van der Waals surface area contributed by atoms with Crippen molar-refractivity contribution in [3.05, 3.63) is 52.6 Å². The maximum absolute atomic E-state index is 5.89. The third kappa shape index (κ3) is 2.24. The first-order chi connectivity index (χ1) is 8.13. The SMILES string of the molecule is Cc1cc(C)c(C(CN)c2ncc[nH]2)cc1C. The maximum atomic E-state index is 5.89. The van der Waals surface area contributed by atoms with Crippen LogP contribution in [0.5, 0.6) is 0 Å². The molecule has 17 heavy (non-hydrogen) atoms. The van der Waals surface area contributed by atoms with Gasteiger partial charge in [-0.05, 0) is 43.0 Å². The van der Waals surface area contributed by atoms with Crippen LogP contribution >= 0.6 is 0 Å². The van der Waals surface area contributed by atoms with Crippen molar-refractivity contribution >= 4 is 0 Å². The molecule has 0 fully saturated rings. The van der Waals surface area contributed by atoms with Gasteiger partial charge < -0.3 is 10.7 Å². The molecule has 1 atom stereocenters. The molecule has 3 heteroatoms. The van der Waals surface area contributed by atoms with E-state index in [2.05, 4.69) is 42.9 Å². The summed E-state index contributed by atoms with van der Waals surface area (Å²) in [5.74, 6) is 1.10. The number of imidazole rings is 1. The van der Waals surface area contributed by atoms with E-state index in [4.69, 9.17) is 5.73 Å². The summed E-state index contributed by atoms with van der Waals surface area (Å²) in [5, 5.41) is 0. The molecule has 2 rings (SSSR count). The maximum Gasteiger partial charge on any atom is 0.114 e. The first-order valence-electron chi connectivity index (χ1n) is 5.90. The Balaban J connectivity index is 2.48. The third-order valence-electron chi connectivity index (χ3n) is 3.34. The fourth-order valence-electron chi connectivity index (χ4n) is 2.21. The zero-order chi connectivity index (χ0) is 12.4. The van der Waals surface area contributed by atoms with E-state index >= 15 is 0 Å². The minimum atomic E-state index is 0.157. The van der Waals surface area contributed by atoms with Gasteiger partial charge in [-0.3, -0.25) is 0 Å². The van der Waals surface area contributed by atoms with Crippen molar-refractivity contribution in [2.75, 3.05) is 6.54 Å². The van der Waals surface area contributed by atoms with Gasteiger partial charge in [0.15, 0.2) is 0 Å². The van der Waals surface area contributed by atoms with Crippen LogP contribution in [0.1, 0.15) is 34.0 Å². The molecule has 0 bridgehead atoms. The second-order valence-electron chi connectivity index (χ2n) is 4.56. The number of nitrogens with one attached hydrogen (secondary N) is 1. The topological polar surface area (TPSA) is 54.7 Å². The molecule has 1 aromatic carbocycles. The van der Waals surface area contributed by atoms with Crippen LogP contribution in [-0.2, 0) is 0 Å². The third-order valence-corrected chi connectivity index (χ3v) is 3.34. The smallest absolute Gasteiger partial charge is 0.114 e. The molecule has 0 radical (unpaired) electrons. The number of nitrogens with two attached hydrogens (primary N) is 1. The molecule has 0 aliphatic rings. The lowest BCUT2D eigenvalue weighted by Crippen LogP contribution is -2.16. The van der Waals surface area contributed by atoms with E-state index in [1.165, 1.54) is 22.3 Å². The summed E-state index contributed by atoms with van der Waals surface area (Å²) >= 11 is 0. The number of H-pyrrole nitrogens is 1. The lowest BCUT2D eigenvalue weighted by molar-refractivity contribution is 0.758. The summed E-state index contributed by atoms with van der Waals surface area (Å²) in [6.45, 7) is 6.97. The van der Waals surface area contributed by atoms with E-state index < -0.39 is 0 Å². The summed E-state index contributed by atoms with van der Waals surface area (Å²) in [6.07, 6.45) is 3.61. The van der Waals surface area contributed by atoms with Gasteiger partial charge in [-0.25, -0.2) is 4.98 Å².